The molecule has 0 spiro atoms. The van der Waals surface area contributed by atoms with E-state index in [9.17, 15) is 4.79 Å². The number of carbonyl (C=O) groups excluding carboxylic acids is 1. The van der Waals surface area contributed by atoms with Gasteiger partial charge in [-0.2, -0.15) is 0 Å². The molecular formula is C32H35N5O2S. The van der Waals surface area contributed by atoms with Crippen LogP contribution in [0.15, 0.2) is 66.9 Å². The van der Waals surface area contributed by atoms with E-state index in [2.05, 4.69) is 78.1 Å². The quantitative estimate of drug-likeness (QED) is 0.267. The summed E-state index contributed by atoms with van der Waals surface area (Å²) in [6.45, 7) is 10.6. The largest absolute Gasteiger partial charge is 0.375 e. The second-order valence-electron chi connectivity index (χ2n) is 10.5. The molecule has 4 aromatic rings. The zero-order chi connectivity index (χ0) is 28.6. The second-order valence-corrected chi connectivity index (χ2v) is 10.9. The first kappa shape index (κ1) is 27.6. The van der Waals surface area contributed by atoms with E-state index >= 15 is 0 Å². The molecule has 1 aliphatic heterocycles. The third-order valence-corrected chi connectivity index (χ3v) is 7.70. The Balaban J connectivity index is 1.62. The number of pyridine rings is 1. The third kappa shape index (κ3) is 5.24. The fourth-order valence-electron chi connectivity index (χ4n) is 5.77. The molecule has 0 saturated carbocycles. The van der Waals surface area contributed by atoms with Gasteiger partial charge in [0.1, 0.15) is 6.61 Å². The van der Waals surface area contributed by atoms with Gasteiger partial charge in [-0.1, -0.05) is 12.1 Å². The van der Waals surface area contributed by atoms with Crippen molar-refractivity contribution in [3.05, 3.63) is 106 Å². The predicted octanol–water partition coefficient (Wildman–Crippen LogP) is 6.18. The molecular weight excluding hydrogens is 518 g/mol. The van der Waals surface area contributed by atoms with E-state index < -0.39 is 0 Å². The van der Waals surface area contributed by atoms with E-state index in [0.29, 0.717) is 5.11 Å². The summed E-state index contributed by atoms with van der Waals surface area (Å²) < 4.78 is 7.29. The van der Waals surface area contributed by atoms with Gasteiger partial charge in [0, 0.05) is 41.8 Å². The fourth-order valence-corrected chi connectivity index (χ4v) is 6.11. The molecule has 7 nitrogen and oxygen atoms in total. The number of hydrogen-bond acceptors (Lipinski definition) is 4. The summed E-state index contributed by atoms with van der Waals surface area (Å²) in [6, 6.07) is 20.6. The first-order chi connectivity index (χ1) is 19.2. The maximum absolute atomic E-state index is 12.1. The zero-order valence-electron chi connectivity index (χ0n) is 23.8. The van der Waals surface area contributed by atoms with E-state index in [0.717, 1.165) is 39.7 Å². The Morgan fingerprint density at radius 3 is 2.40 bits per heavy atom. The monoisotopic (exact) mass is 553 g/mol. The number of carbonyl (C=O) groups is 1. The Morgan fingerprint density at radius 2 is 1.75 bits per heavy atom. The summed E-state index contributed by atoms with van der Waals surface area (Å²) in [7, 11) is 1.51. The number of rotatable bonds is 7. The standard InChI is InChI=1S/C32H35N5O2S/c1-19-13-20(2)15-25(14-19)36-22(4)17-26(23(36)5)31-30(28-9-7-8-12-33-28)35-32(40)37(31)24-10-11-27(21(3)16-24)34-29(38)18-39-6/h7-17,30-31H,18H2,1-6H3,(H,34,38)(H,35,40)/t30-,31-/m0/s1. The van der Waals surface area contributed by atoms with Gasteiger partial charge < -0.3 is 24.8 Å². The van der Waals surface area contributed by atoms with Gasteiger partial charge in [-0.3, -0.25) is 9.78 Å². The summed E-state index contributed by atoms with van der Waals surface area (Å²) in [5.74, 6) is -0.191. The highest BCUT2D eigenvalue weighted by atomic mass is 32.1. The average Bonchev–Trinajstić information content (AvgIpc) is 3.40. The molecule has 1 aliphatic rings. The number of ether oxygens (including phenoxy) is 1. The minimum absolute atomic E-state index is 0.00519. The topological polar surface area (TPSA) is 71.4 Å². The van der Waals surface area contributed by atoms with Crippen molar-refractivity contribution in [3.8, 4) is 5.69 Å². The van der Waals surface area contributed by atoms with Gasteiger partial charge in [-0.05, 0) is 118 Å². The van der Waals surface area contributed by atoms with Crippen molar-refractivity contribution < 1.29 is 9.53 Å². The number of aromatic nitrogens is 2. The van der Waals surface area contributed by atoms with Crippen LogP contribution in [0.1, 0.15) is 51.4 Å². The summed E-state index contributed by atoms with van der Waals surface area (Å²) in [5.41, 5.74) is 10.7. The highest BCUT2D eigenvalue weighted by Gasteiger charge is 2.42. The summed E-state index contributed by atoms with van der Waals surface area (Å²) in [6.07, 6.45) is 1.82. The molecule has 2 atom stereocenters. The van der Waals surface area contributed by atoms with Crippen LogP contribution in [0.25, 0.3) is 5.69 Å². The second kappa shape index (κ2) is 11.2. The smallest absolute Gasteiger partial charge is 0.250 e. The van der Waals surface area contributed by atoms with Crippen LogP contribution >= 0.6 is 12.2 Å². The molecule has 2 aromatic heterocycles. The van der Waals surface area contributed by atoms with Crippen molar-refractivity contribution in [2.24, 2.45) is 0 Å². The molecule has 0 bridgehead atoms. The first-order valence-corrected chi connectivity index (χ1v) is 13.8. The minimum Gasteiger partial charge on any atom is -0.375 e. The van der Waals surface area contributed by atoms with Gasteiger partial charge in [-0.25, -0.2) is 0 Å². The van der Waals surface area contributed by atoms with Crippen LogP contribution in [0.3, 0.4) is 0 Å². The number of hydrogen-bond donors (Lipinski definition) is 2. The lowest BCUT2D eigenvalue weighted by Crippen LogP contribution is -2.29. The number of methoxy groups -OCH3 is 1. The molecule has 1 fully saturated rings. The number of benzene rings is 2. The number of anilines is 2. The van der Waals surface area contributed by atoms with Gasteiger partial charge in [-0.15, -0.1) is 0 Å². The highest BCUT2D eigenvalue weighted by Crippen LogP contribution is 2.44. The fraction of sp³-hybridized carbons (Fsp3) is 0.281. The lowest BCUT2D eigenvalue weighted by Gasteiger charge is -2.29. The van der Waals surface area contributed by atoms with Crippen LogP contribution in [0, 0.1) is 34.6 Å². The van der Waals surface area contributed by atoms with Crippen LogP contribution in [-0.2, 0) is 9.53 Å². The molecule has 2 N–H and O–H groups in total. The molecule has 40 heavy (non-hydrogen) atoms. The number of nitrogens with one attached hydrogen (secondary N) is 2. The Hall–Kier alpha value is -4.01. The van der Waals surface area contributed by atoms with Crippen molar-refractivity contribution in [3.63, 3.8) is 0 Å². The normalized spacial score (nSPS) is 16.8. The SMILES string of the molecule is COCC(=O)Nc1ccc(N2C(=S)N[C@@H](c3ccccn3)[C@@H]2c2cc(C)n(-c3cc(C)cc(C)c3)c2C)cc1C. The molecule has 1 saturated heterocycles. The maximum atomic E-state index is 12.1. The Bertz CT molecular complexity index is 1560. The molecule has 2 aromatic carbocycles. The molecule has 8 heteroatoms. The molecule has 0 aliphatic carbocycles. The molecule has 0 radical (unpaired) electrons. The van der Waals surface area contributed by atoms with E-state index in [1.807, 2.05) is 43.5 Å². The average molecular weight is 554 g/mol. The van der Waals surface area contributed by atoms with Crippen LogP contribution in [0.5, 0.6) is 0 Å². The first-order valence-electron chi connectivity index (χ1n) is 13.4. The van der Waals surface area contributed by atoms with E-state index in [4.69, 9.17) is 21.9 Å². The number of amides is 1. The summed E-state index contributed by atoms with van der Waals surface area (Å²) in [4.78, 5) is 19.0. The van der Waals surface area contributed by atoms with E-state index in [1.165, 1.54) is 23.8 Å². The number of nitrogens with zero attached hydrogens (tertiary/aromatic N) is 3. The lowest BCUT2D eigenvalue weighted by molar-refractivity contribution is -0.119. The third-order valence-electron chi connectivity index (χ3n) is 7.39. The molecule has 206 valence electrons. The van der Waals surface area contributed by atoms with Gasteiger partial charge in [0.15, 0.2) is 5.11 Å². The number of aryl methyl sites for hydroxylation is 4. The van der Waals surface area contributed by atoms with Crippen LogP contribution in [0.4, 0.5) is 11.4 Å². The van der Waals surface area contributed by atoms with Gasteiger partial charge in [0.25, 0.3) is 0 Å². The Kier molecular flexibility index (Phi) is 7.74. The maximum Gasteiger partial charge on any atom is 0.250 e. The Morgan fingerprint density at radius 1 is 1.00 bits per heavy atom. The zero-order valence-corrected chi connectivity index (χ0v) is 24.6. The van der Waals surface area contributed by atoms with Gasteiger partial charge in [0.05, 0.1) is 17.8 Å². The van der Waals surface area contributed by atoms with Crippen LogP contribution in [-0.4, -0.2) is 34.3 Å². The lowest BCUT2D eigenvalue weighted by atomic mass is 9.96. The number of thiocarbonyl (C=S) groups is 1. The minimum atomic E-state index is -0.191. The predicted molar refractivity (Wildman–Crippen MR) is 164 cm³/mol. The molecule has 1 amide bonds. The summed E-state index contributed by atoms with van der Waals surface area (Å²) in [5, 5.41) is 7.12. The van der Waals surface area contributed by atoms with Crippen LogP contribution < -0.4 is 15.5 Å². The molecule has 0 unspecified atom stereocenters. The van der Waals surface area contributed by atoms with E-state index in [-0.39, 0.29) is 24.6 Å². The Labute approximate surface area is 241 Å². The van der Waals surface area contributed by atoms with Gasteiger partial charge in [0.2, 0.25) is 5.91 Å². The highest BCUT2D eigenvalue weighted by molar-refractivity contribution is 7.80. The van der Waals surface area contributed by atoms with Crippen molar-refractivity contribution in [1.29, 1.82) is 0 Å². The van der Waals surface area contributed by atoms with Crippen molar-refractivity contribution in [2.75, 3.05) is 23.9 Å². The van der Waals surface area contributed by atoms with Crippen molar-refractivity contribution in [1.82, 2.24) is 14.9 Å². The van der Waals surface area contributed by atoms with Crippen molar-refractivity contribution in [2.45, 2.75) is 46.7 Å². The molecule has 5 rings (SSSR count). The van der Waals surface area contributed by atoms with Gasteiger partial charge >= 0.3 is 0 Å². The van der Waals surface area contributed by atoms with Crippen molar-refractivity contribution >= 4 is 34.6 Å². The van der Waals surface area contributed by atoms with Crippen LogP contribution in [0.2, 0.25) is 0 Å². The summed E-state index contributed by atoms with van der Waals surface area (Å²) >= 11 is 5.96. The van der Waals surface area contributed by atoms with E-state index in [1.54, 1.807) is 0 Å². The molecule has 3 heterocycles.